The lowest BCUT2D eigenvalue weighted by molar-refractivity contribution is -0.160. The van der Waals surface area contributed by atoms with E-state index >= 15 is 0 Å². The van der Waals surface area contributed by atoms with Crippen molar-refractivity contribution in [2.24, 2.45) is 0 Å². The van der Waals surface area contributed by atoms with Gasteiger partial charge in [0.05, 0.1) is 42.5 Å². The van der Waals surface area contributed by atoms with E-state index in [0.29, 0.717) is 19.6 Å². The van der Waals surface area contributed by atoms with E-state index < -0.39 is 11.3 Å². The van der Waals surface area contributed by atoms with Crippen LogP contribution in [0.5, 0.6) is 5.75 Å². The Morgan fingerprint density at radius 2 is 1.65 bits per heavy atom. The quantitative estimate of drug-likeness (QED) is 0.169. The van der Waals surface area contributed by atoms with E-state index in [1.54, 1.807) is 7.11 Å². The Balaban J connectivity index is 1.29. The van der Waals surface area contributed by atoms with Crippen molar-refractivity contribution in [3.63, 3.8) is 0 Å². The molecule has 46 heavy (non-hydrogen) atoms. The van der Waals surface area contributed by atoms with E-state index in [1.165, 1.54) is 5.56 Å². The molecule has 0 saturated carbocycles. The molecule has 0 radical (unpaired) electrons. The number of methoxy groups -OCH3 is 1. The van der Waals surface area contributed by atoms with Crippen LogP contribution in [0.25, 0.3) is 0 Å². The molecule has 3 heterocycles. The van der Waals surface area contributed by atoms with Crippen LogP contribution in [0, 0.1) is 0 Å². The van der Waals surface area contributed by atoms with Crippen molar-refractivity contribution in [2.45, 2.75) is 77.0 Å². The van der Waals surface area contributed by atoms with Crippen LogP contribution in [0.3, 0.4) is 0 Å². The van der Waals surface area contributed by atoms with Crippen LogP contribution in [0.2, 0.25) is 0 Å². The Kier molecular flexibility index (Phi) is 9.24. The summed E-state index contributed by atoms with van der Waals surface area (Å²) >= 11 is 0. The number of carbonyl (C=O) groups is 1. The number of benzene rings is 2. The minimum absolute atomic E-state index is 0.0230. The minimum Gasteiger partial charge on any atom is -0.496 e. The number of rotatable bonds is 11. The van der Waals surface area contributed by atoms with Gasteiger partial charge in [-0.05, 0) is 81.5 Å². The molecule has 0 saturated heterocycles. The Morgan fingerprint density at radius 3 is 2.33 bits per heavy atom. The van der Waals surface area contributed by atoms with Gasteiger partial charge in [0.15, 0.2) is 0 Å². The SMILES string of the molecule is COc1ccnc2c1CCCC2N(Cc1ccc(CNCc2ccccn2)cc1)CC1(C(=O)OC(C)(C)C)Nc2ccccc2N1. The summed E-state index contributed by atoms with van der Waals surface area (Å²) in [6, 6.07) is 24.5. The first-order chi connectivity index (χ1) is 22.2. The Bertz CT molecular complexity index is 1610. The van der Waals surface area contributed by atoms with Crippen molar-refractivity contribution < 1.29 is 14.3 Å². The summed E-state index contributed by atoms with van der Waals surface area (Å²) in [7, 11) is 1.71. The first-order valence-corrected chi connectivity index (χ1v) is 16.1. The number of hydrogen-bond acceptors (Lipinski definition) is 9. The largest absolute Gasteiger partial charge is 0.496 e. The van der Waals surface area contributed by atoms with E-state index in [4.69, 9.17) is 14.5 Å². The molecule has 240 valence electrons. The number of hydrogen-bond donors (Lipinski definition) is 3. The Morgan fingerprint density at radius 1 is 0.935 bits per heavy atom. The van der Waals surface area contributed by atoms with Crippen LogP contribution < -0.4 is 20.7 Å². The third kappa shape index (κ3) is 7.16. The molecule has 2 aromatic heterocycles. The molecule has 0 bridgehead atoms. The molecular formula is C37H44N6O3. The average Bonchev–Trinajstić information content (AvgIpc) is 3.44. The number of ether oxygens (including phenoxy) is 2. The third-order valence-electron chi connectivity index (χ3n) is 8.51. The normalized spacial score (nSPS) is 16.6. The fraction of sp³-hybridized carbons (Fsp3) is 0.378. The summed E-state index contributed by atoms with van der Waals surface area (Å²) in [4.78, 5) is 25.8. The molecule has 9 heteroatoms. The molecule has 9 nitrogen and oxygen atoms in total. The first kappa shape index (κ1) is 31.5. The highest BCUT2D eigenvalue weighted by molar-refractivity contribution is 5.94. The van der Waals surface area contributed by atoms with E-state index in [9.17, 15) is 4.79 Å². The number of anilines is 2. The number of nitrogens with zero attached hydrogens (tertiary/aromatic N) is 3. The number of pyridine rings is 2. The van der Waals surface area contributed by atoms with Gasteiger partial charge < -0.3 is 25.4 Å². The van der Waals surface area contributed by atoms with Crippen LogP contribution >= 0.6 is 0 Å². The topological polar surface area (TPSA) is 101 Å². The molecule has 2 aliphatic rings. The van der Waals surface area contributed by atoms with Crippen LogP contribution in [0.1, 0.15) is 67.7 Å². The molecule has 0 spiro atoms. The molecule has 0 fully saturated rings. The standard InChI is InChI=1S/C37H44N6O3/c1-36(2,3)46-35(44)37(41-30-12-5-6-13-31(30)42-37)25-43(32-14-9-11-29-33(45-4)19-21-40-34(29)32)24-27-17-15-26(16-18-27)22-38-23-28-10-7-8-20-39-28/h5-8,10,12-13,15-21,32,38,41-42H,9,11,14,22-25H2,1-4H3. The second-order valence-corrected chi connectivity index (χ2v) is 13.1. The first-order valence-electron chi connectivity index (χ1n) is 16.1. The number of esters is 1. The molecular weight excluding hydrogens is 576 g/mol. The van der Waals surface area contributed by atoms with Crippen molar-refractivity contribution >= 4 is 17.3 Å². The van der Waals surface area contributed by atoms with Crippen LogP contribution in [-0.2, 0) is 35.6 Å². The van der Waals surface area contributed by atoms with Gasteiger partial charge in [-0.25, -0.2) is 4.79 Å². The zero-order chi connectivity index (χ0) is 32.1. The van der Waals surface area contributed by atoms with Gasteiger partial charge in [0, 0.05) is 37.6 Å². The number of nitrogens with one attached hydrogen (secondary N) is 3. The third-order valence-corrected chi connectivity index (χ3v) is 8.51. The molecule has 1 aliphatic carbocycles. The smallest absolute Gasteiger partial charge is 0.354 e. The fourth-order valence-electron chi connectivity index (χ4n) is 6.40. The highest BCUT2D eigenvalue weighted by Gasteiger charge is 2.49. The maximum Gasteiger partial charge on any atom is 0.354 e. The minimum atomic E-state index is -1.19. The van der Waals surface area contributed by atoms with Crippen LogP contribution in [0.4, 0.5) is 11.4 Å². The molecule has 6 rings (SSSR count). The number of para-hydroxylation sites is 2. The van der Waals surface area contributed by atoms with Gasteiger partial charge in [-0.2, -0.15) is 0 Å². The van der Waals surface area contributed by atoms with Gasteiger partial charge in [-0.15, -0.1) is 0 Å². The molecule has 4 aromatic rings. The van der Waals surface area contributed by atoms with E-state index in [-0.39, 0.29) is 12.0 Å². The summed E-state index contributed by atoms with van der Waals surface area (Å²) in [6.45, 7) is 8.13. The lowest BCUT2D eigenvalue weighted by Crippen LogP contribution is -2.59. The number of carbonyl (C=O) groups excluding carboxylic acids is 1. The monoisotopic (exact) mass is 620 g/mol. The van der Waals surface area contributed by atoms with Gasteiger partial charge >= 0.3 is 5.97 Å². The zero-order valence-electron chi connectivity index (χ0n) is 27.2. The Hall–Kier alpha value is -4.47. The number of fused-ring (bicyclic) bond motifs is 2. The average molecular weight is 621 g/mol. The fourth-order valence-corrected chi connectivity index (χ4v) is 6.40. The summed E-state index contributed by atoms with van der Waals surface area (Å²) in [5.41, 5.74) is 5.42. The van der Waals surface area contributed by atoms with Gasteiger partial charge in [-0.1, -0.05) is 42.5 Å². The van der Waals surface area contributed by atoms with Gasteiger partial charge in [0.1, 0.15) is 11.4 Å². The molecule has 1 aliphatic heterocycles. The van der Waals surface area contributed by atoms with E-state index in [1.807, 2.05) is 81.7 Å². The van der Waals surface area contributed by atoms with Gasteiger partial charge in [-0.3, -0.25) is 14.9 Å². The van der Waals surface area contributed by atoms with Crippen molar-refractivity contribution in [1.82, 2.24) is 20.2 Å². The maximum atomic E-state index is 14.1. The van der Waals surface area contributed by atoms with Crippen molar-refractivity contribution in [3.05, 3.63) is 113 Å². The summed E-state index contributed by atoms with van der Waals surface area (Å²) in [6.07, 6.45) is 6.47. The van der Waals surface area contributed by atoms with Crippen molar-refractivity contribution in [1.29, 1.82) is 0 Å². The van der Waals surface area contributed by atoms with Gasteiger partial charge in [0.2, 0.25) is 5.66 Å². The second kappa shape index (κ2) is 13.5. The van der Waals surface area contributed by atoms with Crippen molar-refractivity contribution in [3.8, 4) is 5.75 Å². The highest BCUT2D eigenvalue weighted by Crippen LogP contribution is 2.41. The van der Waals surface area contributed by atoms with E-state index in [2.05, 4.69) is 50.1 Å². The van der Waals surface area contributed by atoms with Gasteiger partial charge in [0.25, 0.3) is 0 Å². The lowest BCUT2D eigenvalue weighted by Gasteiger charge is -2.41. The lowest BCUT2D eigenvalue weighted by atomic mass is 9.89. The maximum absolute atomic E-state index is 14.1. The predicted octanol–water partition coefficient (Wildman–Crippen LogP) is 6.23. The molecule has 1 atom stereocenters. The van der Waals surface area contributed by atoms with Crippen LogP contribution in [-0.4, -0.2) is 45.8 Å². The predicted molar refractivity (Wildman–Crippen MR) is 180 cm³/mol. The summed E-state index contributed by atoms with van der Waals surface area (Å²) in [5.74, 6) is 0.522. The molecule has 0 amide bonds. The van der Waals surface area contributed by atoms with Crippen LogP contribution in [0.15, 0.2) is 85.2 Å². The summed E-state index contributed by atoms with van der Waals surface area (Å²) < 4.78 is 11.8. The van der Waals surface area contributed by atoms with E-state index in [0.717, 1.165) is 65.4 Å². The number of aromatic nitrogens is 2. The van der Waals surface area contributed by atoms with Crippen molar-refractivity contribution in [2.75, 3.05) is 24.3 Å². The highest BCUT2D eigenvalue weighted by atomic mass is 16.6. The zero-order valence-corrected chi connectivity index (χ0v) is 27.2. The Labute approximate surface area is 271 Å². The molecule has 2 aromatic carbocycles. The summed E-state index contributed by atoms with van der Waals surface area (Å²) in [5, 5.41) is 10.5. The molecule has 1 unspecified atom stereocenters. The molecule has 3 N–H and O–H groups in total. The second-order valence-electron chi connectivity index (χ2n) is 13.1.